The number of nitrogens with one attached hydrogen (secondary N) is 1. The average molecular weight is 349 g/mol. The zero-order chi connectivity index (χ0) is 17.9. The monoisotopic (exact) mass is 349 g/mol. The van der Waals surface area contributed by atoms with Crippen molar-refractivity contribution >= 4 is 12.0 Å². The van der Waals surface area contributed by atoms with Crippen LogP contribution in [0.2, 0.25) is 0 Å². The fraction of sp³-hybridized carbons (Fsp3) is 0.350. The van der Waals surface area contributed by atoms with Gasteiger partial charge in [0.1, 0.15) is 0 Å². The Morgan fingerprint density at radius 1 is 1.15 bits per heavy atom. The molecular weight excluding hydrogens is 326 g/mol. The Morgan fingerprint density at radius 3 is 2.73 bits per heavy atom. The molecule has 1 N–H and O–H groups in total. The summed E-state index contributed by atoms with van der Waals surface area (Å²) >= 11 is 0. The number of hydrogen-bond acceptors (Lipinski definition) is 6. The molecule has 6 heteroatoms. The first-order valence-corrected chi connectivity index (χ1v) is 9.01. The van der Waals surface area contributed by atoms with Gasteiger partial charge in [-0.2, -0.15) is 0 Å². The van der Waals surface area contributed by atoms with Crippen molar-refractivity contribution < 1.29 is 4.79 Å². The van der Waals surface area contributed by atoms with Gasteiger partial charge in [0.2, 0.25) is 0 Å². The third-order valence-electron chi connectivity index (χ3n) is 4.91. The first-order chi connectivity index (χ1) is 12.7. The molecular formula is C20H23N5O. The van der Waals surface area contributed by atoms with Crippen molar-refractivity contribution in [1.29, 1.82) is 0 Å². The highest BCUT2D eigenvalue weighted by Crippen LogP contribution is 2.28. The lowest BCUT2D eigenvalue weighted by atomic mass is 10.0. The maximum atomic E-state index is 11.8. The number of likely N-dealkylation sites (N-methyl/N-ethyl adjacent to an activating group) is 1. The molecule has 4 rings (SSSR count). The summed E-state index contributed by atoms with van der Waals surface area (Å²) in [6.45, 7) is 4.06. The predicted octanol–water partition coefficient (Wildman–Crippen LogP) is 1.67. The molecule has 3 aliphatic heterocycles. The van der Waals surface area contributed by atoms with E-state index in [1.807, 2.05) is 18.2 Å². The highest BCUT2D eigenvalue weighted by atomic mass is 16.1. The summed E-state index contributed by atoms with van der Waals surface area (Å²) in [5.41, 5.74) is 3.69. The molecule has 1 saturated heterocycles. The summed E-state index contributed by atoms with van der Waals surface area (Å²) in [4.78, 5) is 25.5. The summed E-state index contributed by atoms with van der Waals surface area (Å²) in [7, 11) is 2.15. The van der Waals surface area contributed by atoms with Crippen molar-refractivity contribution in [2.45, 2.75) is 12.5 Å². The lowest BCUT2D eigenvalue weighted by Crippen LogP contribution is -2.44. The Kier molecular flexibility index (Phi) is 4.67. The largest absolute Gasteiger partial charge is 0.371 e. The predicted molar refractivity (Wildman–Crippen MR) is 102 cm³/mol. The van der Waals surface area contributed by atoms with Crippen LogP contribution in [-0.2, 0) is 4.79 Å². The Hall–Kier alpha value is -2.73. The second-order valence-corrected chi connectivity index (χ2v) is 6.83. The second-order valence-electron chi connectivity index (χ2n) is 6.83. The molecule has 1 unspecified atom stereocenters. The first kappa shape index (κ1) is 16.7. The van der Waals surface area contributed by atoms with Gasteiger partial charge in [0.25, 0.3) is 0 Å². The van der Waals surface area contributed by atoms with Gasteiger partial charge >= 0.3 is 0 Å². The summed E-state index contributed by atoms with van der Waals surface area (Å²) in [6.07, 6.45) is 9.81. The summed E-state index contributed by atoms with van der Waals surface area (Å²) in [5.74, 6) is 0.0859. The van der Waals surface area contributed by atoms with Crippen molar-refractivity contribution in [2.24, 2.45) is 4.99 Å². The Morgan fingerprint density at radius 2 is 2.00 bits per heavy atom. The second kappa shape index (κ2) is 7.25. The molecule has 0 saturated carbocycles. The van der Waals surface area contributed by atoms with E-state index in [4.69, 9.17) is 0 Å². The molecule has 6 nitrogen and oxygen atoms in total. The lowest BCUT2D eigenvalue weighted by molar-refractivity contribution is -0.113. The van der Waals surface area contributed by atoms with Gasteiger partial charge in [-0.05, 0) is 31.3 Å². The number of nitrogens with zero attached hydrogens (tertiary/aromatic N) is 4. The maximum absolute atomic E-state index is 11.8. The topological polar surface area (TPSA) is 60.8 Å². The van der Waals surface area contributed by atoms with Gasteiger partial charge in [-0.15, -0.1) is 0 Å². The van der Waals surface area contributed by atoms with Crippen molar-refractivity contribution in [3.63, 3.8) is 0 Å². The number of piperazine rings is 1. The van der Waals surface area contributed by atoms with Crippen LogP contribution >= 0.6 is 0 Å². The quantitative estimate of drug-likeness (QED) is 0.899. The molecule has 134 valence electrons. The first-order valence-electron chi connectivity index (χ1n) is 9.01. The number of ketones is 1. The van der Waals surface area contributed by atoms with Gasteiger partial charge < -0.3 is 15.1 Å². The highest BCUT2D eigenvalue weighted by Gasteiger charge is 2.24. The van der Waals surface area contributed by atoms with Crippen LogP contribution in [0.15, 0.2) is 64.7 Å². The van der Waals surface area contributed by atoms with Crippen LogP contribution in [0, 0.1) is 0 Å². The number of carbonyl (C=O) groups excluding carboxylic acids is 1. The average Bonchev–Trinajstić information content (AvgIpc) is 2.69. The lowest BCUT2D eigenvalue weighted by Gasteiger charge is -2.37. The molecule has 0 aliphatic carbocycles. The van der Waals surface area contributed by atoms with Gasteiger partial charge in [-0.1, -0.05) is 6.07 Å². The van der Waals surface area contributed by atoms with Gasteiger partial charge in [0.05, 0.1) is 23.1 Å². The zero-order valence-corrected chi connectivity index (χ0v) is 14.9. The Bertz CT molecular complexity index is 801. The molecule has 0 amide bonds. The molecule has 26 heavy (non-hydrogen) atoms. The maximum Gasteiger partial charge on any atom is 0.163 e. The minimum Gasteiger partial charge on any atom is -0.371 e. The Balaban J connectivity index is 1.67. The normalized spacial score (nSPS) is 23.9. The number of dihydropyridines is 1. The number of hydrogen-bond donors (Lipinski definition) is 1. The molecule has 1 aromatic heterocycles. The third kappa shape index (κ3) is 3.60. The minimum absolute atomic E-state index is 0.0426. The standard InChI is InChI=1S/C20H23N5O/c1-24-8-10-25(11-9-24)15-12-19(17-4-2-3-6-21-17)23-20(13-15)18-14-16(26)5-7-22-18/h2-4,6-7,12-14,19,23H,5,8-11H2,1H3. The smallest absolute Gasteiger partial charge is 0.163 e. The van der Waals surface area contributed by atoms with E-state index in [0.29, 0.717) is 12.1 Å². The molecule has 1 fully saturated rings. The van der Waals surface area contributed by atoms with E-state index in [1.165, 1.54) is 0 Å². The minimum atomic E-state index is -0.0426. The van der Waals surface area contributed by atoms with Gasteiger partial charge in [-0.25, -0.2) is 0 Å². The van der Waals surface area contributed by atoms with Gasteiger partial charge in [-0.3, -0.25) is 14.8 Å². The van der Waals surface area contributed by atoms with E-state index in [-0.39, 0.29) is 11.8 Å². The number of pyridine rings is 1. The number of aromatic nitrogens is 1. The van der Waals surface area contributed by atoms with Crippen molar-refractivity contribution in [1.82, 2.24) is 20.1 Å². The molecule has 3 aliphatic rings. The van der Waals surface area contributed by atoms with Crippen LogP contribution in [-0.4, -0.2) is 60.0 Å². The van der Waals surface area contributed by atoms with E-state index in [1.54, 1.807) is 18.5 Å². The molecule has 1 atom stereocenters. The van der Waals surface area contributed by atoms with E-state index in [9.17, 15) is 4.79 Å². The number of carbonyl (C=O) groups is 1. The summed E-state index contributed by atoms with van der Waals surface area (Å²) < 4.78 is 0. The SMILES string of the molecule is CN1CCN(C2=CC(c3ccccn3)NC(C3=CC(=O)CC=N3)=C2)CC1. The van der Waals surface area contributed by atoms with Crippen LogP contribution in [0.5, 0.6) is 0 Å². The van der Waals surface area contributed by atoms with Crippen molar-refractivity contribution in [3.05, 3.63) is 65.4 Å². The third-order valence-corrected chi connectivity index (χ3v) is 4.91. The van der Waals surface area contributed by atoms with Crippen LogP contribution in [0.4, 0.5) is 0 Å². The van der Waals surface area contributed by atoms with Gasteiger partial charge in [0.15, 0.2) is 5.78 Å². The summed E-state index contributed by atoms with van der Waals surface area (Å²) in [5, 5.41) is 3.49. The van der Waals surface area contributed by atoms with E-state index in [0.717, 1.165) is 43.3 Å². The highest BCUT2D eigenvalue weighted by molar-refractivity contribution is 6.02. The van der Waals surface area contributed by atoms with Crippen LogP contribution in [0.25, 0.3) is 0 Å². The zero-order valence-electron chi connectivity index (χ0n) is 14.9. The summed E-state index contributed by atoms with van der Waals surface area (Å²) in [6, 6.07) is 5.88. The number of allylic oxidation sites excluding steroid dienone is 2. The van der Waals surface area contributed by atoms with E-state index >= 15 is 0 Å². The molecule has 0 bridgehead atoms. The van der Waals surface area contributed by atoms with Crippen molar-refractivity contribution in [2.75, 3.05) is 33.2 Å². The van der Waals surface area contributed by atoms with E-state index < -0.39 is 0 Å². The molecule has 4 heterocycles. The van der Waals surface area contributed by atoms with Crippen LogP contribution in [0.1, 0.15) is 18.2 Å². The fourth-order valence-corrected chi connectivity index (χ4v) is 3.38. The van der Waals surface area contributed by atoms with Crippen LogP contribution in [0.3, 0.4) is 0 Å². The van der Waals surface area contributed by atoms with Gasteiger partial charge in [0, 0.05) is 56.8 Å². The number of rotatable bonds is 3. The molecule has 0 aromatic carbocycles. The Labute approximate surface area is 153 Å². The van der Waals surface area contributed by atoms with E-state index in [2.05, 4.69) is 44.3 Å². The molecule has 0 spiro atoms. The van der Waals surface area contributed by atoms with Crippen LogP contribution < -0.4 is 5.32 Å². The number of aliphatic imine (C=N–C) groups is 1. The fourth-order valence-electron chi connectivity index (χ4n) is 3.38. The molecule has 1 aromatic rings. The van der Waals surface area contributed by atoms with Crippen molar-refractivity contribution in [3.8, 4) is 0 Å². The molecule has 0 radical (unpaired) electrons.